The Morgan fingerprint density at radius 2 is 1.80 bits per heavy atom. The van der Waals surface area contributed by atoms with Crippen molar-refractivity contribution in [2.45, 2.75) is 6.18 Å². The summed E-state index contributed by atoms with van der Waals surface area (Å²) in [5.41, 5.74) is -1.64. The molecule has 1 heterocycles. The number of carbonyl (C=O) groups excluding carboxylic acids is 1. The number of alkyl halides is 3. The summed E-state index contributed by atoms with van der Waals surface area (Å²) in [5, 5.41) is 17.3. The quantitative estimate of drug-likeness (QED) is 0.663. The molecule has 0 aromatic carbocycles. The maximum absolute atomic E-state index is 11.9. The molecule has 8 heteroatoms. The van der Waals surface area contributed by atoms with Gasteiger partial charge in [0.05, 0.1) is 6.61 Å². The molecule has 1 amide bonds. The van der Waals surface area contributed by atoms with Crippen molar-refractivity contribution in [3.8, 4) is 0 Å². The largest absolute Gasteiger partial charge is 0.481 e. The van der Waals surface area contributed by atoms with E-state index in [1.165, 1.54) is 0 Å². The third-order valence-electron chi connectivity index (χ3n) is 2.27. The van der Waals surface area contributed by atoms with Crippen LogP contribution in [0.3, 0.4) is 0 Å². The number of aliphatic carboxylic acids is 1. The van der Waals surface area contributed by atoms with E-state index in [0.717, 1.165) is 0 Å². The minimum atomic E-state index is -5.00. The Morgan fingerprint density at radius 3 is 2.07 bits per heavy atom. The van der Waals surface area contributed by atoms with Crippen LogP contribution in [0.5, 0.6) is 0 Å². The number of nitrogens with zero attached hydrogens (tertiary/aromatic N) is 1. The lowest BCUT2D eigenvalue weighted by Gasteiger charge is -2.45. The average molecular weight is 227 g/mol. The van der Waals surface area contributed by atoms with Crippen LogP contribution in [0.15, 0.2) is 0 Å². The molecule has 1 saturated heterocycles. The van der Waals surface area contributed by atoms with Crippen molar-refractivity contribution in [1.82, 2.24) is 4.90 Å². The summed E-state index contributed by atoms with van der Waals surface area (Å²) in [6, 6.07) is 0. The first-order chi connectivity index (χ1) is 6.73. The summed E-state index contributed by atoms with van der Waals surface area (Å²) in [6.45, 7) is -2.02. The highest BCUT2D eigenvalue weighted by atomic mass is 19.4. The van der Waals surface area contributed by atoms with Gasteiger partial charge < -0.3 is 15.1 Å². The topological polar surface area (TPSA) is 77.8 Å². The van der Waals surface area contributed by atoms with Crippen molar-refractivity contribution in [3.05, 3.63) is 0 Å². The third-order valence-corrected chi connectivity index (χ3v) is 2.27. The molecule has 0 spiro atoms. The van der Waals surface area contributed by atoms with E-state index in [1.807, 2.05) is 0 Å². The van der Waals surface area contributed by atoms with Crippen LogP contribution in [-0.4, -0.2) is 52.9 Å². The number of aliphatic hydroxyl groups excluding tert-OH is 1. The number of hydrogen-bond acceptors (Lipinski definition) is 3. The van der Waals surface area contributed by atoms with Gasteiger partial charge in [-0.3, -0.25) is 9.59 Å². The van der Waals surface area contributed by atoms with Crippen LogP contribution in [0, 0.1) is 5.41 Å². The summed E-state index contributed by atoms with van der Waals surface area (Å²) < 4.78 is 35.6. The molecule has 0 aliphatic carbocycles. The molecule has 2 N–H and O–H groups in total. The molecule has 0 aromatic heterocycles. The maximum atomic E-state index is 11.9. The third kappa shape index (κ3) is 1.89. The SMILES string of the molecule is O=C(N1CC(CO)(C(=O)O)C1)C(F)(F)F. The molecule has 15 heavy (non-hydrogen) atoms. The number of carboxylic acid groups (broad SMARTS) is 1. The van der Waals surface area contributed by atoms with E-state index in [0.29, 0.717) is 4.90 Å². The van der Waals surface area contributed by atoms with E-state index in [1.54, 1.807) is 0 Å². The van der Waals surface area contributed by atoms with E-state index in [-0.39, 0.29) is 0 Å². The fraction of sp³-hybridized carbons (Fsp3) is 0.714. The number of aliphatic hydroxyl groups is 1. The predicted octanol–water partition coefficient (Wildman–Crippen LogP) is -0.546. The molecule has 0 bridgehead atoms. The molecule has 0 saturated carbocycles. The number of carbonyl (C=O) groups is 2. The zero-order chi connectivity index (χ0) is 11.9. The van der Waals surface area contributed by atoms with Crippen LogP contribution in [-0.2, 0) is 9.59 Å². The summed E-state index contributed by atoms with van der Waals surface area (Å²) >= 11 is 0. The Kier molecular flexibility index (Phi) is 2.64. The summed E-state index contributed by atoms with van der Waals surface area (Å²) in [4.78, 5) is 21.5. The van der Waals surface area contributed by atoms with Crippen molar-refractivity contribution >= 4 is 11.9 Å². The smallest absolute Gasteiger partial charge is 0.471 e. The molecule has 1 fully saturated rings. The van der Waals surface area contributed by atoms with Crippen molar-refractivity contribution in [3.63, 3.8) is 0 Å². The van der Waals surface area contributed by atoms with Crippen LogP contribution < -0.4 is 0 Å². The van der Waals surface area contributed by atoms with E-state index < -0.39 is 43.2 Å². The highest BCUT2D eigenvalue weighted by Crippen LogP contribution is 2.33. The predicted molar refractivity (Wildman–Crippen MR) is 39.8 cm³/mol. The van der Waals surface area contributed by atoms with Gasteiger partial charge in [0.15, 0.2) is 0 Å². The Morgan fingerprint density at radius 1 is 1.33 bits per heavy atom. The zero-order valence-electron chi connectivity index (χ0n) is 7.41. The molecule has 0 atom stereocenters. The summed E-state index contributed by atoms with van der Waals surface area (Å²) in [7, 11) is 0. The van der Waals surface area contributed by atoms with Crippen molar-refractivity contribution < 1.29 is 33.0 Å². The zero-order valence-corrected chi connectivity index (χ0v) is 7.41. The molecule has 5 nitrogen and oxygen atoms in total. The lowest BCUT2D eigenvalue weighted by atomic mass is 9.80. The normalized spacial score (nSPS) is 19.6. The van der Waals surface area contributed by atoms with Crippen molar-refractivity contribution in [1.29, 1.82) is 0 Å². The van der Waals surface area contributed by atoms with Gasteiger partial charge in [-0.2, -0.15) is 13.2 Å². The Labute approximate surface area is 82.1 Å². The molecular formula is C7H8F3NO4. The van der Waals surface area contributed by atoms with Gasteiger partial charge in [-0.15, -0.1) is 0 Å². The molecule has 86 valence electrons. The fourth-order valence-electron chi connectivity index (χ4n) is 1.31. The number of likely N-dealkylation sites (tertiary alicyclic amines) is 1. The Hall–Kier alpha value is -1.31. The monoisotopic (exact) mass is 227 g/mol. The van der Waals surface area contributed by atoms with Gasteiger partial charge in [0.1, 0.15) is 5.41 Å². The van der Waals surface area contributed by atoms with Crippen LogP contribution in [0.4, 0.5) is 13.2 Å². The molecule has 0 radical (unpaired) electrons. The molecule has 1 aliphatic heterocycles. The summed E-state index contributed by atoms with van der Waals surface area (Å²) in [5.74, 6) is -3.48. The van der Waals surface area contributed by atoms with Gasteiger partial charge in [-0.1, -0.05) is 0 Å². The average Bonchev–Trinajstić information content (AvgIpc) is 2.00. The van der Waals surface area contributed by atoms with Gasteiger partial charge in [0, 0.05) is 13.1 Å². The standard InChI is InChI=1S/C7H8F3NO4/c8-7(9,10)4(13)11-1-6(2-11,3-12)5(14)15/h12H,1-3H2,(H,14,15). The Bertz CT molecular complexity index is 295. The molecule has 1 aliphatic rings. The lowest BCUT2D eigenvalue weighted by molar-refractivity contribution is -0.202. The van der Waals surface area contributed by atoms with Gasteiger partial charge in [0.2, 0.25) is 0 Å². The van der Waals surface area contributed by atoms with Gasteiger partial charge >= 0.3 is 18.1 Å². The minimum absolute atomic E-state index is 0.352. The number of halogens is 3. The molecular weight excluding hydrogens is 219 g/mol. The molecule has 1 rings (SSSR count). The maximum Gasteiger partial charge on any atom is 0.471 e. The number of carboxylic acids is 1. The van der Waals surface area contributed by atoms with Crippen LogP contribution in [0.25, 0.3) is 0 Å². The van der Waals surface area contributed by atoms with Crippen LogP contribution in [0.1, 0.15) is 0 Å². The second kappa shape index (κ2) is 3.37. The van der Waals surface area contributed by atoms with Gasteiger partial charge in [-0.05, 0) is 0 Å². The number of rotatable bonds is 2. The number of hydrogen-bond donors (Lipinski definition) is 2. The van der Waals surface area contributed by atoms with E-state index >= 15 is 0 Å². The minimum Gasteiger partial charge on any atom is -0.481 e. The molecule has 0 unspecified atom stereocenters. The number of amides is 1. The highest BCUT2D eigenvalue weighted by Gasteiger charge is 2.56. The summed E-state index contributed by atoms with van der Waals surface area (Å²) in [6.07, 6.45) is -5.00. The second-order valence-corrected chi connectivity index (χ2v) is 3.40. The van der Waals surface area contributed by atoms with Crippen molar-refractivity contribution in [2.24, 2.45) is 5.41 Å². The van der Waals surface area contributed by atoms with Gasteiger partial charge in [-0.25, -0.2) is 0 Å². The first-order valence-corrected chi connectivity index (χ1v) is 3.93. The highest BCUT2D eigenvalue weighted by molar-refractivity contribution is 5.86. The Balaban J connectivity index is 2.64. The molecule has 0 aromatic rings. The van der Waals surface area contributed by atoms with E-state index in [2.05, 4.69) is 0 Å². The van der Waals surface area contributed by atoms with E-state index in [4.69, 9.17) is 10.2 Å². The lowest BCUT2D eigenvalue weighted by Crippen LogP contribution is -2.65. The fourth-order valence-corrected chi connectivity index (χ4v) is 1.31. The van der Waals surface area contributed by atoms with Crippen LogP contribution >= 0.6 is 0 Å². The first kappa shape index (κ1) is 11.8. The van der Waals surface area contributed by atoms with E-state index in [9.17, 15) is 22.8 Å². The first-order valence-electron chi connectivity index (χ1n) is 3.93. The van der Waals surface area contributed by atoms with Gasteiger partial charge in [0.25, 0.3) is 0 Å². The van der Waals surface area contributed by atoms with Crippen LogP contribution in [0.2, 0.25) is 0 Å². The second-order valence-electron chi connectivity index (χ2n) is 3.40. The van der Waals surface area contributed by atoms with Crippen molar-refractivity contribution in [2.75, 3.05) is 19.7 Å².